The molecule has 4 N–H and O–H groups in total. The third kappa shape index (κ3) is 7.97. The molecule has 0 heterocycles. The third-order valence-electron chi connectivity index (χ3n) is 1.09. The van der Waals surface area contributed by atoms with Crippen LogP contribution in [-0.2, 0) is 9.09 Å². The molecule has 0 saturated carbocycles. The van der Waals surface area contributed by atoms with E-state index >= 15 is 0 Å². The van der Waals surface area contributed by atoms with Gasteiger partial charge in [0.2, 0.25) is 0 Å². The molecule has 6 heteroatoms. The fourth-order valence-electron chi connectivity index (χ4n) is 0.600. The van der Waals surface area contributed by atoms with Crippen LogP contribution in [0.2, 0.25) is 0 Å². The van der Waals surface area contributed by atoms with E-state index in [-0.39, 0.29) is 6.23 Å². The number of hydrogen-bond acceptors (Lipinski definition) is 4. The predicted octanol–water partition coefficient (Wildman–Crippen LogP) is -0.331. The zero-order valence-corrected chi connectivity index (χ0v) is 7.54. The van der Waals surface area contributed by atoms with Crippen LogP contribution in [0.25, 0.3) is 0 Å². The molecule has 0 aromatic rings. The molecule has 0 bridgehead atoms. The van der Waals surface area contributed by atoms with Crippen molar-refractivity contribution in [3.63, 3.8) is 0 Å². The minimum Gasteiger partial charge on any atom is -0.330 e. The molecule has 0 spiro atoms. The van der Waals surface area contributed by atoms with Crippen LogP contribution in [0, 0.1) is 0 Å². The highest BCUT2D eigenvalue weighted by atomic mass is 31.1. The highest BCUT2D eigenvalue weighted by molar-refractivity contribution is 7.32. The first-order chi connectivity index (χ1) is 5.16. The van der Waals surface area contributed by atoms with Gasteiger partial charge in [0, 0.05) is 0 Å². The molecule has 0 radical (unpaired) electrons. The molecule has 0 aliphatic heterocycles. The van der Waals surface area contributed by atoms with Crippen LogP contribution in [-0.4, -0.2) is 24.2 Å². The van der Waals surface area contributed by atoms with Gasteiger partial charge in [0.15, 0.2) is 0 Å². The Balaban J connectivity index is 3.22. The van der Waals surface area contributed by atoms with Gasteiger partial charge < -0.3 is 10.6 Å². The van der Waals surface area contributed by atoms with Crippen LogP contribution in [0.1, 0.15) is 13.3 Å². The van der Waals surface area contributed by atoms with Gasteiger partial charge in [-0.2, -0.15) is 0 Å². The summed E-state index contributed by atoms with van der Waals surface area (Å²) < 4.78 is 14.7. The number of hydrogen-bond donors (Lipinski definition) is 3. The maximum Gasteiger partial charge on any atom is 0.318 e. The first kappa shape index (κ1) is 11.1. The molecule has 2 atom stereocenters. The van der Waals surface area contributed by atoms with E-state index in [9.17, 15) is 4.57 Å². The Hall–Kier alpha value is 0.0700. The van der Waals surface area contributed by atoms with Crippen LogP contribution < -0.4 is 11.1 Å². The second kappa shape index (κ2) is 6.76. The van der Waals surface area contributed by atoms with Gasteiger partial charge >= 0.3 is 8.25 Å². The summed E-state index contributed by atoms with van der Waals surface area (Å²) in [6.45, 7) is 2.98. The van der Waals surface area contributed by atoms with Crippen molar-refractivity contribution in [3.05, 3.63) is 0 Å². The highest BCUT2D eigenvalue weighted by Crippen LogP contribution is 2.15. The lowest BCUT2D eigenvalue weighted by Crippen LogP contribution is -2.28. The summed E-state index contributed by atoms with van der Waals surface area (Å²) in [6, 6.07) is 0. The zero-order valence-electron chi connectivity index (χ0n) is 6.54. The Morgan fingerprint density at radius 3 is 2.91 bits per heavy atom. The Morgan fingerprint density at radius 2 is 2.45 bits per heavy atom. The van der Waals surface area contributed by atoms with E-state index in [1.54, 1.807) is 6.92 Å². The standard InChI is InChI=1S/C5H15N2O3P/c1-5(10-11(8)9)7-4-2-3-6/h5,7,11H,2-4,6H2,1H3,(H,8,9). The molecule has 0 amide bonds. The van der Waals surface area contributed by atoms with E-state index in [0.29, 0.717) is 13.1 Å². The topological polar surface area (TPSA) is 84.6 Å². The molecule has 0 fully saturated rings. The third-order valence-corrected chi connectivity index (χ3v) is 1.65. The molecule has 11 heavy (non-hydrogen) atoms. The summed E-state index contributed by atoms with van der Waals surface area (Å²) in [5, 5.41) is 2.88. The summed E-state index contributed by atoms with van der Waals surface area (Å²) in [5.74, 6) is 0. The van der Waals surface area contributed by atoms with Crippen LogP contribution >= 0.6 is 8.25 Å². The Kier molecular flexibility index (Phi) is 6.80. The van der Waals surface area contributed by atoms with E-state index in [1.807, 2.05) is 0 Å². The number of nitrogens with one attached hydrogen (secondary N) is 1. The van der Waals surface area contributed by atoms with Gasteiger partial charge in [-0.1, -0.05) is 0 Å². The van der Waals surface area contributed by atoms with E-state index in [4.69, 9.17) is 10.6 Å². The van der Waals surface area contributed by atoms with Crippen molar-refractivity contribution in [1.29, 1.82) is 0 Å². The van der Waals surface area contributed by atoms with Crippen molar-refractivity contribution in [1.82, 2.24) is 5.32 Å². The van der Waals surface area contributed by atoms with Gasteiger partial charge in [0.05, 0.1) is 0 Å². The molecule has 0 rings (SSSR count). The van der Waals surface area contributed by atoms with E-state index < -0.39 is 8.25 Å². The first-order valence-electron chi connectivity index (χ1n) is 3.50. The van der Waals surface area contributed by atoms with Crippen molar-refractivity contribution in [2.75, 3.05) is 13.1 Å². The molecule has 5 nitrogen and oxygen atoms in total. The molecule has 68 valence electrons. The van der Waals surface area contributed by atoms with Crippen molar-refractivity contribution >= 4 is 8.25 Å². The lowest BCUT2D eigenvalue weighted by Gasteiger charge is -2.11. The maximum atomic E-state index is 10.1. The van der Waals surface area contributed by atoms with Gasteiger partial charge in [-0.05, 0) is 26.4 Å². The van der Waals surface area contributed by atoms with Crippen molar-refractivity contribution in [2.24, 2.45) is 5.73 Å². The van der Waals surface area contributed by atoms with Gasteiger partial charge in [-0.3, -0.25) is 14.4 Å². The van der Waals surface area contributed by atoms with Crippen molar-refractivity contribution in [2.45, 2.75) is 19.6 Å². The second-order valence-corrected chi connectivity index (χ2v) is 2.89. The number of nitrogens with two attached hydrogens (primary N) is 1. The fourth-order valence-corrected chi connectivity index (χ4v) is 0.986. The minimum atomic E-state index is -2.81. The summed E-state index contributed by atoms with van der Waals surface area (Å²) >= 11 is 0. The average Bonchev–Trinajstić information content (AvgIpc) is 1.86. The largest absolute Gasteiger partial charge is 0.330 e. The molecular formula is C5H15N2O3P. The Morgan fingerprint density at radius 1 is 1.82 bits per heavy atom. The van der Waals surface area contributed by atoms with Crippen LogP contribution in [0.3, 0.4) is 0 Å². The van der Waals surface area contributed by atoms with Gasteiger partial charge in [0.25, 0.3) is 0 Å². The fraction of sp³-hybridized carbons (Fsp3) is 1.00. The summed E-state index contributed by atoms with van der Waals surface area (Å²) in [7, 11) is -2.81. The van der Waals surface area contributed by atoms with Gasteiger partial charge in [-0.25, -0.2) is 0 Å². The zero-order chi connectivity index (χ0) is 8.69. The average molecular weight is 182 g/mol. The molecule has 0 aromatic heterocycles. The quantitative estimate of drug-likeness (QED) is 0.297. The van der Waals surface area contributed by atoms with E-state index in [0.717, 1.165) is 6.42 Å². The van der Waals surface area contributed by atoms with Crippen LogP contribution in [0.15, 0.2) is 0 Å². The molecule has 0 aromatic carbocycles. The predicted molar refractivity (Wildman–Crippen MR) is 43.4 cm³/mol. The number of rotatable bonds is 6. The Bertz CT molecular complexity index is 122. The monoisotopic (exact) mass is 182 g/mol. The maximum absolute atomic E-state index is 10.1. The van der Waals surface area contributed by atoms with Crippen LogP contribution in [0.5, 0.6) is 0 Å². The lowest BCUT2D eigenvalue weighted by atomic mass is 10.4. The highest BCUT2D eigenvalue weighted by Gasteiger charge is 2.01. The van der Waals surface area contributed by atoms with Gasteiger partial charge in [0.1, 0.15) is 6.23 Å². The second-order valence-electron chi connectivity index (χ2n) is 2.12. The molecule has 0 aliphatic rings. The SMILES string of the molecule is CC(NCCCN)O[PH](=O)O. The molecule has 2 unspecified atom stereocenters. The van der Waals surface area contributed by atoms with Crippen LogP contribution in [0.4, 0.5) is 0 Å². The molecule has 0 saturated heterocycles. The molecular weight excluding hydrogens is 167 g/mol. The smallest absolute Gasteiger partial charge is 0.318 e. The van der Waals surface area contributed by atoms with E-state index in [2.05, 4.69) is 9.84 Å². The van der Waals surface area contributed by atoms with Crippen molar-refractivity contribution in [3.8, 4) is 0 Å². The summed E-state index contributed by atoms with van der Waals surface area (Å²) in [5.41, 5.74) is 5.23. The first-order valence-corrected chi connectivity index (χ1v) is 4.76. The van der Waals surface area contributed by atoms with E-state index in [1.165, 1.54) is 0 Å². The van der Waals surface area contributed by atoms with Gasteiger partial charge in [-0.15, -0.1) is 0 Å². The Labute approximate surface area is 66.9 Å². The molecule has 0 aliphatic carbocycles. The summed E-state index contributed by atoms with van der Waals surface area (Å²) in [4.78, 5) is 8.34. The lowest BCUT2D eigenvalue weighted by molar-refractivity contribution is 0.172. The summed E-state index contributed by atoms with van der Waals surface area (Å²) in [6.07, 6.45) is 0.456. The minimum absolute atomic E-state index is 0.377. The van der Waals surface area contributed by atoms with Crippen molar-refractivity contribution < 1.29 is 14.0 Å². The normalized spacial score (nSPS) is 16.3.